The van der Waals surface area contributed by atoms with E-state index in [1.165, 1.54) is 29.1 Å². The summed E-state index contributed by atoms with van der Waals surface area (Å²) in [6, 6.07) is 1.43. The Morgan fingerprint density at radius 3 is 2.18 bits per heavy atom. The van der Waals surface area contributed by atoms with Crippen LogP contribution in [0.25, 0.3) is 0 Å². The molecular weight excluding hydrogens is 152 g/mol. The molecule has 0 fully saturated rings. The van der Waals surface area contributed by atoms with Crippen LogP contribution in [0.1, 0.15) is 19.8 Å². The number of hydrogen-bond donors (Lipinski definition) is 2. The van der Waals surface area contributed by atoms with Gasteiger partial charge in [-0.1, -0.05) is 19.4 Å². The summed E-state index contributed by atoms with van der Waals surface area (Å²) in [6.45, 7) is 2.33. The van der Waals surface area contributed by atoms with Gasteiger partial charge in [-0.2, -0.15) is 0 Å². The third-order valence-corrected chi connectivity index (χ3v) is 2.69. The van der Waals surface area contributed by atoms with E-state index in [2.05, 4.69) is 17.6 Å². The van der Waals surface area contributed by atoms with E-state index in [0.717, 1.165) is 5.92 Å². The van der Waals surface area contributed by atoms with E-state index < -0.39 is 0 Å². The molecule has 2 N–H and O–H groups in total. The molecule has 0 aromatic heterocycles. The Bertz CT molecular complexity index is 84.2. The lowest BCUT2D eigenvalue weighted by Gasteiger charge is -2.19. The lowest BCUT2D eigenvalue weighted by molar-refractivity contribution is 0.377. The highest BCUT2D eigenvalue weighted by Gasteiger charge is 2.07. The highest BCUT2D eigenvalue weighted by molar-refractivity contribution is 6.08. The summed E-state index contributed by atoms with van der Waals surface area (Å²) in [5, 5.41) is 6.48. The van der Waals surface area contributed by atoms with Crippen molar-refractivity contribution in [2.75, 3.05) is 14.1 Å². The van der Waals surface area contributed by atoms with Gasteiger partial charge in [-0.25, -0.2) is 0 Å². The number of rotatable bonds is 6. The smallest absolute Gasteiger partial charge is 0.0569 e. The fourth-order valence-electron chi connectivity index (χ4n) is 1.39. The van der Waals surface area contributed by atoms with E-state index >= 15 is 0 Å². The van der Waals surface area contributed by atoms with Crippen molar-refractivity contribution in [2.24, 2.45) is 5.92 Å². The van der Waals surface area contributed by atoms with Gasteiger partial charge in [0.15, 0.2) is 0 Å². The van der Waals surface area contributed by atoms with Gasteiger partial charge >= 0.3 is 0 Å². The summed E-state index contributed by atoms with van der Waals surface area (Å²) in [6.07, 6.45) is 3.14. The zero-order valence-electron chi connectivity index (χ0n) is 8.28. The van der Waals surface area contributed by atoms with E-state index in [0.29, 0.717) is 6.17 Å². The molecular formula is C8H22N2Si. The Labute approximate surface area is 73.6 Å². The van der Waals surface area contributed by atoms with Crippen LogP contribution in [-0.2, 0) is 0 Å². The van der Waals surface area contributed by atoms with Gasteiger partial charge in [0.2, 0.25) is 0 Å². The van der Waals surface area contributed by atoms with Gasteiger partial charge < -0.3 is 10.6 Å². The summed E-state index contributed by atoms with van der Waals surface area (Å²) in [7, 11) is 5.37. The molecule has 1 atom stereocenters. The van der Waals surface area contributed by atoms with Crippen LogP contribution >= 0.6 is 0 Å². The van der Waals surface area contributed by atoms with Crippen LogP contribution in [0, 0.1) is 5.92 Å². The third-order valence-electron chi connectivity index (χ3n) is 2.12. The molecule has 0 heterocycles. The van der Waals surface area contributed by atoms with E-state index in [-0.39, 0.29) is 0 Å². The molecule has 0 aliphatic carbocycles. The molecule has 0 aromatic rings. The monoisotopic (exact) mass is 174 g/mol. The molecule has 0 radical (unpaired) electrons. The summed E-state index contributed by atoms with van der Waals surface area (Å²) in [5.41, 5.74) is 0. The van der Waals surface area contributed by atoms with Crippen molar-refractivity contribution < 1.29 is 0 Å². The van der Waals surface area contributed by atoms with Crippen LogP contribution in [0.3, 0.4) is 0 Å². The Morgan fingerprint density at radius 1 is 1.27 bits per heavy atom. The fraction of sp³-hybridized carbons (Fsp3) is 1.00. The minimum Gasteiger partial charge on any atom is -0.305 e. The zero-order chi connectivity index (χ0) is 8.69. The third kappa shape index (κ3) is 5.41. The average molecular weight is 174 g/mol. The van der Waals surface area contributed by atoms with Crippen molar-refractivity contribution in [2.45, 2.75) is 32.0 Å². The zero-order valence-corrected chi connectivity index (χ0v) is 10.3. The van der Waals surface area contributed by atoms with Crippen molar-refractivity contribution in [1.82, 2.24) is 10.6 Å². The van der Waals surface area contributed by atoms with Crippen LogP contribution in [0.4, 0.5) is 0 Å². The molecule has 0 amide bonds. The van der Waals surface area contributed by atoms with Crippen LogP contribution in [0.15, 0.2) is 0 Å². The number of hydrogen-bond acceptors (Lipinski definition) is 2. The lowest BCUT2D eigenvalue weighted by atomic mass is 10.0. The standard InChI is InChI=1S/C8H22N2Si/c1-7(4-5-11)6-8(9-2)10-3/h7-10H,4-6H2,1-3,11H3. The first-order chi connectivity index (χ1) is 5.24. The van der Waals surface area contributed by atoms with Gasteiger partial charge in [-0.15, -0.1) is 0 Å². The van der Waals surface area contributed by atoms with Gasteiger partial charge in [0.05, 0.1) is 6.17 Å². The molecule has 2 nitrogen and oxygen atoms in total. The minimum absolute atomic E-state index is 0.498. The normalized spacial score (nSPS) is 14.2. The first-order valence-electron chi connectivity index (χ1n) is 4.59. The Balaban J connectivity index is 3.44. The van der Waals surface area contributed by atoms with Crippen LogP contribution in [0.5, 0.6) is 0 Å². The van der Waals surface area contributed by atoms with Crippen molar-refractivity contribution in [3.05, 3.63) is 0 Å². The molecule has 0 rings (SSSR count). The molecule has 0 aliphatic rings. The number of nitrogens with one attached hydrogen (secondary N) is 2. The molecule has 68 valence electrons. The van der Waals surface area contributed by atoms with Crippen LogP contribution in [0.2, 0.25) is 6.04 Å². The minimum atomic E-state index is 0.498. The summed E-state index contributed by atoms with van der Waals surface area (Å²) < 4.78 is 0. The van der Waals surface area contributed by atoms with Crippen molar-refractivity contribution in [3.8, 4) is 0 Å². The molecule has 3 heteroatoms. The second kappa shape index (κ2) is 6.82. The Kier molecular flexibility index (Phi) is 6.91. The second-order valence-corrected chi connectivity index (χ2v) is 4.26. The average Bonchev–Trinajstić information content (AvgIpc) is 2.01. The maximum absolute atomic E-state index is 3.24. The van der Waals surface area contributed by atoms with E-state index in [9.17, 15) is 0 Å². The molecule has 0 aromatic carbocycles. The Hall–Kier alpha value is 0.137. The van der Waals surface area contributed by atoms with Gasteiger partial charge in [0.25, 0.3) is 0 Å². The first kappa shape index (κ1) is 11.1. The molecule has 0 spiro atoms. The molecule has 1 unspecified atom stereocenters. The predicted octanol–water partition coefficient (Wildman–Crippen LogP) is -0.0487. The quantitative estimate of drug-likeness (QED) is 0.436. The summed E-state index contributed by atoms with van der Waals surface area (Å²) in [4.78, 5) is 0. The molecule has 0 aliphatic heterocycles. The van der Waals surface area contributed by atoms with E-state index in [4.69, 9.17) is 0 Å². The first-order valence-corrected chi connectivity index (χ1v) is 6.00. The largest absolute Gasteiger partial charge is 0.305 e. The van der Waals surface area contributed by atoms with Crippen molar-refractivity contribution in [1.29, 1.82) is 0 Å². The predicted molar refractivity (Wildman–Crippen MR) is 55.1 cm³/mol. The molecule has 0 saturated heterocycles. The van der Waals surface area contributed by atoms with E-state index in [1.807, 2.05) is 14.1 Å². The van der Waals surface area contributed by atoms with Crippen molar-refractivity contribution >= 4 is 10.2 Å². The Morgan fingerprint density at radius 2 is 1.82 bits per heavy atom. The highest BCUT2D eigenvalue weighted by Crippen LogP contribution is 2.10. The topological polar surface area (TPSA) is 24.1 Å². The van der Waals surface area contributed by atoms with Gasteiger partial charge in [-0.05, 0) is 26.4 Å². The highest BCUT2D eigenvalue weighted by atomic mass is 28.1. The molecule has 11 heavy (non-hydrogen) atoms. The maximum Gasteiger partial charge on any atom is 0.0569 e. The van der Waals surface area contributed by atoms with Crippen LogP contribution in [-0.4, -0.2) is 30.5 Å². The summed E-state index contributed by atoms with van der Waals surface area (Å²) in [5.74, 6) is 0.859. The molecule has 0 saturated carbocycles. The van der Waals surface area contributed by atoms with Crippen molar-refractivity contribution in [3.63, 3.8) is 0 Å². The lowest BCUT2D eigenvalue weighted by Crippen LogP contribution is -2.38. The van der Waals surface area contributed by atoms with Gasteiger partial charge in [0, 0.05) is 10.2 Å². The SMILES string of the molecule is CNC(CC(C)CC[SiH3])NC. The van der Waals surface area contributed by atoms with Gasteiger partial charge in [-0.3, -0.25) is 0 Å². The van der Waals surface area contributed by atoms with E-state index in [1.54, 1.807) is 0 Å². The summed E-state index contributed by atoms with van der Waals surface area (Å²) >= 11 is 0. The fourth-order valence-corrected chi connectivity index (χ4v) is 2.38. The second-order valence-electron chi connectivity index (χ2n) is 3.26. The maximum atomic E-state index is 3.24. The van der Waals surface area contributed by atoms with Gasteiger partial charge in [0.1, 0.15) is 0 Å². The van der Waals surface area contributed by atoms with Crippen LogP contribution < -0.4 is 10.6 Å². The molecule has 0 bridgehead atoms.